The quantitative estimate of drug-likeness (QED) is 0.0979. The molecule has 2 aliphatic carbocycles. The molecule has 0 amide bonds. The van der Waals surface area contributed by atoms with E-state index in [0.717, 1.165) is 12.8 Å². The third kappa shape index (κ3) is 7.77. The lowest BCUT2D eigenvalue weighted by Gasteiger charge is -2.51. The molecule has 2 unspecified atom stereocenters. The lowest BCUT2D eigenvalue weighted by Crippen LogP contribution is -2.68. The van der Waals surface area contributed by atoms with E-state index in [0.29, 0.717) is 12.5 Å². The predicted molar refractivity (Wildman–Crippen MR) is 148 cm³/mol. The number of ether oxygens (including phenoxy) is 3. The van der Waals surface area contributed by atoms with E-state index in [1.807, 2.05) is 0 Å². The minimum absolute atomic E-state index is 0.00302. The van der Waals surface area contributed by atoms with Crippen molar-refractivity contribution in [2.24, 2.45) is 34.8 Å². The van der Waals surface area contributed by atoms with Crippen molar-refractivity contribution in [3.05, 3.63) is 0 Å². The van der Waals surface area contributed by atoms with Crippen LogP contribution in [0.2, 0.25) is 0 Å². The van der Waals surface area contributed by atoms with Crippen LogP contribution in [-0.2, 0) is 14.2 Å². The Labute approximate surface area is 245 Å². The number of aliphatic hydroxyl groups excluding tert-OH is 7. The van der Waals surface area contributed by atoms with Gasteiger partial charge in [-0.3, -0.25) is 0 Å². The summed E-state index contributed by atoms with van der Waals surface area (Å²) in [5.74, 6) is -0.303. The van der Waals surface area contributed by atoms with Crippen molar-refractivity contribution in [3.8, 4) is 0 Å². The average molecular weight is 609 g/mol. The molecule has 4 rings (SSSR count). The summed E-state index contributed by atoms with van der Waals surface area (Å²) >= 11 is 0. The zero-order valence-electron chi connectivity index (χ0n) is 23.8. The van der Waals surface area contributed by atoms with E-state index in [1.54, 1.807) is 0 Å². The third-order valence-electron chi connectivity index (χ3n) is 9.34. The summed E-state index contributed by atoms with van der Waals surface area (Å²) in [6.45, 7) is 0.480. The SMILES string of the molecule is NCC(O)CN[C@@H]1C[C@H](N)C([C@@H]2C[C@@H](O)[C@H](O)[C@@H](CNCC3CC(N)C3)O2)[C@H](O)[C@H]1O[C@H]1O[C@H](CO)[C@@H](O)[C@H](N)[C@H]1O. The highest BCUT2D eigenvalue weighted by molar-refractivity contribution is 5.04. The molecule has 16 heteroatoms. The van der Waals surface area contributed by atoms with Gasteiger partial charge in [0.05, 0.1) is 43.2 Å². The van der Waals surface area contributed by atoms with E-state index in [4.69, 9.17) is 37.1 Å². The van der Waals surface area contributed by atoms with Gasteiger partial charge in [0.2, 0.25) is 0 Å². The van der Waals surface area contributed by atoms with Gasteiger partial charge >= 0.3 is 0 Å². The topological polar surface area (TPSA) is 297 Å². The lowest BCUT2D eigenvalue weighted by atomic mass is 9.72. The fourth-order valence-corrected chi connectivity index (χ4v) is 6.71. The maximum atomic E-state index is 11.7. The molecular formula is C26H52N6O10. The van der Waals surface area contributed by atoms with Crippen LogP contribution in [0, 0.1) is 11.8 Å². The van der Waals surface area contributed by atoms with Crippen LogP contribution in [0.25, 0.3) is 0 Å². The van der Waals surface area contributed by atoms with Crippen LogP contribution in [0.3, 0.4) is 0 Å². The molecule has 0 bridgehead atoms. The minimum atomic E-state index is -1.48. The van der Waals surface area contributed by atoms with E-state index in [1.165, 1.54) is 0 Å². The summed E-state index contributed by atoms with van der Waals surface area (Å²) in [6.07, 6.45) is -10.3. The van der Waals surface area contributed by atoms with Crippen LogP contribution in [0.4, 0.5) is 0 Å². The van der Waals surface area contributed by atoms with Gasteiger partial charge in [-0.15, -0.1) is 0 Å². The monoisotopic (exact) mass is 608 g/mol. The van der Waals surface area contributed by atoms with Crippen LogP contribution < -0.4 is 33.6 Å². The molecule has 16 nitrogen and oxygen atoms in total. The van der Waals surface area contributed by atoms with Crippen LogP contribution in [0.5, 0.6) is 0 Å². The Morgan fingerprint density at radius 2 is 1.57 bits per heavy atom. The van der Waals surface area contributed by atoms with Crippen LogP contribution in [0.15, 0.2) is 0 Å². The second kappa shape index (κ2) is 15.1. The average Bonchev–Trinajstić information content (AvgIpc) is 2.94. The first-order valence-electron chi connectivity index (χ1n) is 15.0. The van der Waals surface area contributed by atoms with Crippen molar-refractivity contribution in [2.45, 2.75) is 117 Å². The molecule has 2 saturated carbocycles. The number of hydrogen-bond acceptors (Lipinski definition) is 16. The highest BCUT2D eigenvalue weighted by Crippen LogP contribution is 2.37. The predicted octanol–water partition coefficient (Wildman–Crippen LogP) is -6.67. The molecule has 0 aromatic heterocycles. The van der Waals surface area contributed by atoms with Crippen molar-refractivity contribution in [3.63, 3.8) is 0 Å². The van der Waals surface area contributed by atoms with Crippen molar-refractivity contribution in [2.75, 3.05) is 32.8 Å². The van der Waals surface area contributed by atoms with Gasteiger partial charge in [0.15, 0.2) is 6.29 Å². The maximum absolute atomic E-state index is 11.7. The van der Waals surface area contributed by atoms with Crippen LogP contribution in [0.1, 0.15) is 25.7 Å². The van der Waals surface area contributed by atoms with Crippen LogP contribution in [-0.4, -0.2) is 160 Å². The largest absolute Gasteiger partial charge is 0.394 e. The standard InChI is InChI=1S/C26H52N6O10/c27-5-12(34)7-32-14-3-13(29)19(23(38)25(14)42-26-24(39)20(30)22(37)18(9-33)41-26)16-4-15(35)21(36)17(40-16)8-31-6-10-1-11(28)2-10/h10-26,31-39H,1-9,27-30H2/t10?,11?,12?,13-,14+,15+,16-,17+,18+,19?,20-,21-,22+,23-,24+,25-,26+/m0/s1. The second-order valence-corrected chi connectivity index (χ2v) is 12.5. The molecule has 0 aromatic carbocycles. The third-order valence-corrected chi connectivity index (χ3v) is 9.34. The van der Waals surface area contributed by atoms with Crippen molar-refractivity contribution < 1.29 is 50.0 Å². The molecule has 17 N–H and O–H groups in total. The Morgan fingerprint density at radius 1 is 0.857 bits per heavy atom. The fourth-order valence-electron chi connectivity index (χ4n) is 6.71. The molecule has 0 spiro atoms. The highest BCUT2D eigenvalue weighted by Gasteiger charge is 2.53. The second-order valence-electron chi connectivity index (χ2n) is 12.5. The number of nitrogens with two attached hydrogens (primary N) is 4. The normalized spacial score (nSPS) is 48.9. The van der Waals surface area contributed by atoms with Gasteiger partial charge in [0.1, 0.15) is 30.5 Å². The first kappa shape index (κ1) is 34.2. The van der Waals surface area contributed by atoms with Crippen molar-refractivity contribution >= 4 is 0 Å². The van der Waals surface area contributed by atoms with Gasteiger partial charge in [-0.2, -0.15) is 0 Å². The first-order valence-corrected chi connectivity index (χ1v) is 15.0. The summed E-state index contributed by atoms with van der Waals surface area (Å²) in [4.78, 5) is 0. The lowest BCUT2D eigenvalue weighted by molar-refractivity contribution is -0.307. The summed E-state index contributed by atoms with van der Waals surface area (Å²) in [5, 5.41) is 80.1. The molecule has 2 saturated heterocycles. The number of aliphatic hydroxyl groups is 7. The number of rotatable bonds is 12. The summed E-state index contributed by atoms with van der Waals surface area (Å²) in [5.41, 5.74) is 23.9. The van der Waals surface area contributed by atoms with Gasteiger partial charge in [0.25, 0.3) is 0 Å². The maximum Gasteiger partial charge on any atom is 0.186 e. The van der Waals surface area contributed by atoms with Gasteiger partial charge in [-0.1, -0.05) is 0 Å². The molecular weight excluding hydrogens is 556 g/mol. The molecule has 42 heavy (non-hydrogen) atoms. The van der Waals surface area contributed by atoms with E-state index >= 15 is 0 Å². The van der Waals surface area contributed by atoms with E-state index in [2.05, 4.69) is 10.6 Å². The molecule has 2 heterocycles. The zero-order chi connectivity index (χ0) is 30.7. The Kier molecular flexibility index (Phi) is 12.3. The van der Waals surface area contributed by atoms with Crippen LogP contribution >= 0.6 is 0 Å². The molecule has 4 fully saturated rings. The van der Waals surface area contributed by atoms with Gasteiger partial charge in [0, 0.05) is 50.1 Å². The van der Waals surface area contributed by atoms with E-state index < -0.39 is 98.0 Å². The Hall–Kier alpha value is -0.640. The first-order chi connectivity index (χ1) is 19.9. The Bertz CT molecular complexity index is 830. The van der Waals surface area contributed by atoms with Crippen molar-refractivity contribution in [1.82, 2.24) is 10.6 Å². The molecule has 15 atom stereocenters. The zero-order valence-corrected chi connectivity index (χ0v) is 23.8. The number of nitrogens with one attached hydrogen (secondary N) is 2. The van der Waals surface area contributed by atoms with Crippen molar-refractivity contribution in [1.29, 1.82) is 0 Å². The minimum Gasteiger partial charge on any atom is -0.394 e. The summed E-state index contributed by atoms with van der Waals surface area (Å²) in [6, 6.07) is -2.25. The Balaban J connectivity index is 1.48. The van der Waals surface area contributed by atoms with Gasteiger partial charge < -0.3 is 83.5 Å². The Morgan fingerprint density at radius 3 is 2.21 bits per heavy atom. The molecule has 4 aliphatic rings. The number of hydrogen-bond donors (Lipinski definition) is 13. The smallest absolute Gasteiger partial charge is 0.186 e. The summed E-state index contributed by atoms with van der Waals surface area (Å²) < 4.78 is 18.0. The molecule has 0 aromatic rings. The van der Waals surface area contributed by atoms with Gasteiger partial charge in [-0.25, -0.2) is 0 Å². The molecule has 246 valence electrons. The highest BCUT2D eigenvalue weighted by atomic mass is 16.7. The van der Waals surface area contributed by atoms with E-state index in [9.17, 15) is 35.7 Å². The van der Waals surface area contributed by atoms with Gasteiger partial charge in [-0.05, 0) is 31.7 Å². The van der Waals surface area contributed by atoms with E-state index in [-0.39, 0.29) is 38.5 Å². The fraction of sp³-hybridized carbons (Fsp3) is 1.00. The molecule has 0 radical (unpaired) electrons. The summed E-state index contributed by atoms with van der Waals surface area (Å²) in [7, 11) is 0. The molecule has 2 aliphatic heterocycles.